The number of aromatic amines is 1. The van der Waals surface area contributed by atoms with E-state index in [1.165, 1.54) is 16.5 Å². The predicted octanol–water partition coefficient (Wildman–Crippen LogP) is 5.39. The molecule has 0 aliphatic heterocycles. The number of hydrogen-bond acceptors (Lipinski definition) is 4. The summed E-state index contributed by atoms with van der Waals surface area (Å²) in [7, 11) is 0. The van der Waals surface area contributed by atoms with Crippen LogP contribution in [0, 0.1) is 6.92 Å². The Morgan fingerprint density at radius 2 is 1.75 bits per heavy atom. The predicted molar refractivity (Wildman–Crippen MR) is 129 cm³/mol. The van der Waals surface area contributed by atoms with Crippen LogP contribution in [0.15, 0.2) is 79.0 Å². The minimum absolute atomic E-state index is 0.699. The van der Waals surface area contributed by atoms with Crippen LogP contribution in [-0.4, -0.2) is 31.1 Å². The molecule has 3 aromatic carbocycles. The molecule has 0 saturated heterocycles. The van der Waals surface area contributed by atoms with Gasteiger partial charge >= 0.3 is 0 Å². The quantitative estimate of drug-likeness (QED) is 0.394. The van der Waals surface area contributed by atoms with E-state index in [4.69, 9.17) is 15.1 Å². The monoisotopic (exact) mass is 418 g/mol. The lowest BCUT2D eigenvalue weighted by Gasteiger charge is -2.08. The fourth-order valence-electron chi connectivity index (χ4n) is 4.22. The number of aryl methyl sites for hydroxylation is 1. The highest BCUT2D eigenvalue weighted by molar-refractivity contribution is 5.93. The molecule has 156 valence electrons. The smallest absolute Gasteiger partial charge is 0.226 e. The van der Waals surface area contributed by atoms with Crippen molar-refractivity contribution in [1.82, 2.24) is 24.6 Å². The third-order valence-corrected chi connectivity index (χ3v) is 5.81. The van der Waals surface area contributed by atoms with Gasteiger partial charge in [-0.05, 0) is 43.2 Å². The van der Waals surface area contributed by atoms with E-state index >= 15 is 0 Å². The van der Waals surface area contributed by atoms with Crippen molar-refractivity contribution >= 4 is 33.4 Å². The summed E-state index contributed by atoms with van der Waals surface area (Å²) in [5, 5.41) is 10.6. The van der Waals surface area contributed by atoms with Gasteiger partial charge in [0.2, 0.25) is 5.95 Å². The Kier molecular flexibility index (Phi) is 4.35. The number of hydrogen-bond donors (Lipinski definition) is 2. The van der Waals surface area contributed by atoms with Gasteiger partial charge in [0.1, 0.15) is 0 Å². The van der Waals surface area contributed by atoms with Gasteiger partial charge in [0.05, 0.1) is 5.52 Å². The molecule has 0 fully saturated rings. The molecular formula is C26H22N6. The normalized spacial score (nSPS) is 11.5. The Hall–Kier alpha value is -4.19. The molecule has 0 aliphatic rings. The van der Waals surface area contributed by atoms with E-state index in [2.05, 4.69) is 53.8 Å². The Bertz CT molecular complexity index is 1580. The van der Waals surface area contributed by atoms with E-state index in [-0.39, 0.29) is 0 Å². The summed E-state index contributed by atoms with van der Waals surface area (Å²) < 4.78 is 1.83. The number of nitrogens with zero attached hydrogens (tertiary/aromatic N) is 4. The first-order valence-corrected chi connectivity index (χ1v) is 10.8. The van der Waals surface area contributed by atoms with E-state index < -0.39 is 0 Å². The second-order valence-electron chi connectivity index (χ2n) is 8.03. The zero-order valence-electron chi connectivity index (χ0n) is 17.7. The molecule has 6 rings (SSSR count). The van der Waals surface area contributed by atoms with Crippen LogP contribution in [0.1, 0.15) is 11.1 Å². The molecule has 0 spiro atoms. The van der Waals surface area contributed by atoms with E-state index in [0.29, 0.717) is 11.8 Å². The number of aromatic nitrogens is 5. The zero-order valence-corrected chi connectivity index (χ0v) is 17.7. The van der Waals surface area contributed by atoms with E-state index in [9.17, 15) is 0 Å². The van der Waals surface area contributed by atoms with Gasteiger partial charge in [0.15, 0.2) is 11.5 Å². The molecule has 0 radical (unpaired) electrons. The van der Waals surface area contributed by atoms with Crippen LogP contribution in [0.25, 0.3) is 38.8 Å². The van der Waals surface area contributed by atoms with E-state index in [1.54, 1.807) is 0 Å². The van der Waals surface area contributed by atoms with Gasteiger partial charge in [-0.25, -0.2) is 9.97 Å². The fourth-order valence-corrected chi connectivity index (χ4v) is 4.22. The van der Waals surface area contributed by atoms with Crippen molar-refractivity contribution in [1.29, 1.82) is 0 Å². The van der Waals surface area contributed by atoms with Crippen molar-refractivity contribution in [3.63, 3.8) is 0 Å². The number of H-pyrrole nitrogens is 1. The molecule has 0 unspecified atom stereocenters. The summed E-state index contributed by atoms with van der Waals surface area (Å²) in [5.74, 6) is 1.40. The lowest BCUT2D eigenvalue weighted by molar-refractivity contribution is 0.908. The lowest BCUT2D eigenvalue weighted by atomic mass is 10.1. The Morgan fingerprint density at radius 1 is 0.906 bits per heavy atom. The largest absolute Gasteiger partial charge is 0.361 e. The molecule has 0 aliphatic carbocycles. The number of anilines is 1. The topological polar surface area (TPSA) is 70.9 Å². The summed E-state index contributed by atoms with van der Waals surface area (Å²) in [4.78, 5) is 13.1. The van der Waals surface area contributed by atoms with E-state index in [1.807, 2.05) is 47.0 Å². The maximum atomic E-state index is 4.88. The van der Waals surface area contributed by atoms with Crippen molar-refractivity contribution < 1.29 is 0 Å². The average molecular weight is 419 g/mol. The molecule has 6 heteroatoms. The molecule has 0 bridgehead atoms. The van der Waals surface area contributed by atoms with Crippen molar-refractivity contribution in [2.75, 3.05) is 11.9 Å². The molecular weight excluding hydrogens is 396 g/mol. The summed E-state index contributed by atoms with van der Waals surface area (Å²) in [5.41, 5.74) is 6.33. The molecule has 6 aromatic rings. The van der Waals surface area contributed by atoms with Crippen molar-refractivity contribution in [3.8, 4) is 11.4 Å². The minimum atomic E-state index is 0.699. The molecule has 3 aromatic heterocycles. The highest BCUT2D eigenvalue weighted by Crippen LogP contribution is 2.25. The molecule has 6 nitrogen and oxygen atoms in total. The lowest BCUT2D eigenvalue weighted by Crippen LogP contribution is -2.11. The standard InChI is InChI=1S/C26H22N6/c1-17-7-6-8-18(15-17)24-30-25-21-10-3-5-12-23(21)29-26(32(25)31-24)27-14-13-19-16-28-22-11-4-2-9-20(19)22/h2-12,15-16,28H,13-14H2,1H3,(H,27,29). The van der Waals surface area contributed by atoms with Crippen LogP contribution < -0.4 is 5.32 Å². The first-order valence-electron chi connectivity index (χ1n) is 10.8. The highest BCUT2D eigenvalue weighted by atomic mass is 15.4. The van der Waals surface area contributed by atoms with Gasteiger partial charge < -0.3 is 10.3 Å². The zero-order chi connectivity index (χ0) is 21.5. The third-order valence-electron chi connectivity index (χ3n) is 5.81. The number of para-hydroxylation sites is 2. The molecule has 32 heavy (non-hydrogen) atoms. The van der Waals surface area contributed by atoms with Crippen LogP contribution in [-0.2, 0) is 6.42 Å². The van der Waals surface area contributed by atoms with Crippen molar-refractivity contribution in [3.05, 3.63) is 90.1 Å². The Morgan fingerprint density at radius 3 is 2.66 bits per heavy atom. The third kappa shape index (κ3) is 3.17. The van der Waals surface area contributed by atoms with Crippen molar-refractivity contribution in [2.24, 2.45) is 0 Å². The Balaban J connectivity index is 1.38. The minimum Gasteiger partial charge on any atom is -0.361 e. The summed E-state index contributed by atoms with van der Waals surface area (Å²) >= 11 is 0. The second kappa shape index (κ2) is 7.50. The molecule has 0 atom stereocenters. The van der Waals surface area contributed by atoms with Crippen LogP contribution in [0.4, 0.5) is 5.95 Å². The second-order valence-corrected chi connectivity index (χ2v) is 8.03. The van der Waals surface area contributed by atoms with Gasteiger partial charge in [-0.3, -0.25) is 0 Å². The molecule has 0 saturated carbocycles. The number of fused-ring (bicyclic) bond motifs is 4. The van der Waals surface area contributed by atoms with Gasteiger partial charge in [0.25, 0.3) is 0 Å². The molecule has 2 N–H and O–H groups in total. The maximum absolute atomic E-state index is 4.88. The summed E-state index contributed by atoms with van der Waals surface area (Å²) in [6, 6.07) is 24.7. The van der Waals surface area contributed by atoms with Crippen molar-refractivity contribution in [2.45, 2.75) is 13.3 Å². The van der Waals surface area contributed by atoms with Crippen LogP contribution in [0.5, 0.6) is 0 Å². The van der Waals surface area contributed by atoms with Crippen LogP contribution >= 0.6 is 0 Å². The fraction of sp³-hybridized carbons (Fsp3) is 0.115. The summed E-state index contributed by atoms with van der Waals surface area (Å²) in [6.45, 7) is 2.82. The first kappa shape index (κ1) is 18.6. The summed E-state index contributed by atoms with van der Waals surface area (Å²) in [6.07, 6.45) is 2.96. The Labute approximate surface area is 185 Å². The van der Waals surface area contributed by atoms with Gasteiger partial charge in [-0.1, -0.05) is 54.1 Å². The van der Waals surface area contributed by atoms with Crippen LogP contribution in [0.2, 0.25) is 0 Å². The van der Waals surface area contributed by atoms with Gasteiger partial charge in [-0.2, -0.15) is 4.52 Å². The highest BCUT2D eigenvalue weighted by Gasteiger charge is 2.14. The van der Waals surface area contributed by atoms with E-state index in [0.717, 1.165) is 40.6 Å². The van der Waals surface area contributed by atoms with Crippen LogP contribution in [0.3, 0.4) is 0 Å². The number of nitrogens with one attached hydrogen (secondary N) is 2. The average Bonchev–Trinajstić information content (AvgIpc) is 3.45. The SMILES string of the molecule is Cc1cccc(-c2nc3c4ccccc4nc(NCCc4c[nH]c5ccccc45)n3n2)c1. The van der Waals surface area contributed by atoms with Gasteiger partial charge in [-0.15, -0.1) is 5.10 Å². The number of benzene rings is 3. The maximum Gasteiger partial charge on any atom is 0.226 e. The van der Waals surface area contributed by atoms with Gasteiger partial charge in [0, 0.05) is 34.6 Å². The molecule has 3 heterocycles. The first-order chi connectivity index (χ1) is 15.8. The number of rotatable bonds is 5. The molecule has 0 amide bonds.